The van der Waals surface area contributed by atoms with Crippen molar-refractivity contribution in [2.45, 2.75) is 316 Å². The predicted molar refractivity (Wildman–Crippen MR) is 275 cm³/mol. The summed E-state index contributed by atoms with van der Waals surface area (Å²) in [6.07, 6.45) is 61.7. The Kier molecular flexibility index (Phi) is 51.7. The maximum atomic E-state index is 12.8. The molecule has 6 nitrogen and oxygen atoms in total. The van der Waals surface area contributed by atoms with E-state index >= 15 is 0 Å². The lowest BCUT2D eigenvalue weighted by molar-refractivity contribution is -0.167. The predicted octanol–water partition coefficient (Wildman–Crippen LogP) is 18.7. The van der Waals surface area contributed by atoms with Crippen molar-refractivity contribution in [3.8, 4) is 0 Å². The molecule has 64 heavy (non-hydrogen) atoms. The van der Waals surface area contributed by atoms with Gasteiger partial charge in [0.05, 0.1) is 0 Å². The van der Waals surface area contributed by atoms with Gasteiger partial charge in [0.25, 0.3) is 0 Å². The Morgan fingerprint density at radius 2 is 0.516 bits per heavy atom. The molecule has 0 bridgehead atoms. The Labute approximate surface area is 398 Å². The van der Waals surface area contributed by atoms with Gasteiger partial charge in [-0.15, -0.1) is 0 Å². The molecule has 0 heterocycles. The van der Waals surface area contributed by atoms with Crippen molar-refractivity contribution < 1.29 is 28.6 Å². The smallest absolute Gasteiger partial charge is 0.306 e. The number of ether oxygens (including phenoxy) is 3. The maximum absolute atomic E-state index is 12.8. The number of allylic oxidation sites excluding steroid dienone is 4. The summed E-state index contributed by atoms with van der Waals surface area (Å²) in [5.74, 6) is -0.873. The third-order valence-electron chi connectivity index (χ3n) is 12.7. The molecule has 0 fully saturated rings. The molecule has 1 unspecified atom stereocenters. The molecule has 1 atom stereocenters. The van der Waals surface area contributed by atoms with Crippen LogP contribution >= 0.6 is 0 Å². The first kappa shape index (κ1) is 61.9. The van der Waals surface area contributed by atoms with Crippen LogP contribution in [-0.4, -0.2) is 37.2 Å². The monoisotopic (exact) mass is 901 g/mol. The second-order valence-electron chi connectivity index (χ2n) is 19.2. The summed E-state index contributed by atoms with van der Waals surface area (Å²) in [6, 6.07) is 0. The molecule has 0 aromatic rings. The number of hydrogen-bond donors (Lipinski definition) is 0. The van der Waals surface area contributed by atoms with E-state index in [0.29, 0.717) is 19.3 Å². The third-order valence-corrected chi connectivity index (χ3v) is 12.7. The van der Waals surface area contributed by atoms with E-state index in [1.54, 1.807) is 0 Å². The van der Waals surface area contributed by atoms with Crippen LogP contribution in [-0.2, 0) is 28.6 Å². The molecular weight excluding hydrogens is 793 g/mol. The minimum atomic E-state index is -0.774. The van der Waals surface area contributed by atoms with Crippen LogP contribution in [0.3, 0.4) is 0 Å². The highest BCUT2D eigenvalue weighted by atomic mass is 16.6. The Balaban J connectivity index is 4.30. The molecule has 0 aliphatic carbocycles. The van der Waals surface area contributed by atoms with Crippen molar-refractivity contribution in [3.63, 3.8) is 0 Å². The summed E-state index contributed by atoms with van der Waals surface area (Å²) in [6.45, 7) is 6.64. The maximum Gasteiger partial charge on any atom is 0.306 e. The highest BCUT2D eigenvalue weighted by Crippen LogP contribution is 2.16. The molecular formula is C58H108O6. The van der Waals surface area contributed by atoms with Crippen molar-refractivity contribution in [2.75, 3.05) is 13.2 Å². The van der Waals surface area contributed by atoms with E-state index in [-0.39, 0.29) is 31.1 Å². The number of hydrogen-bond acceptors (Lipinski definition) is 6. The summed E-state index contributed by atoms with van der Waals surface area (Å²) in [5, 5.41) is 0. The number of rotatable bonds is 52. The van der Waals surface area contributed by atoms with Gasteiger partial charge in [-0.25, -0.2) is 0 Å². The SMILES string of the molecule is CCCCC/C=C\CCCCCCCC(=O)OCC(COC(=O)CCCCCCCCCCCCCCCCCCCCC)OC(=O)CCCCCCC/C=C\CCCCCCCC. The van der Waals surface area contributed by atoms with Gasteiger partial charge < -0.3 is 14.2 Å². The summed E-state index contributed by atoms with van der Waals surface area (Å²) in [5.41, 5.74) is 0. The van der Waals surface area contributed by atoms with Crippen molar-refractivity contribution in [3.05, 3.63) is 24.3 Å². The van der Waals surface area contributed by atoms with Gasteiger partial charge in [-0.1, -0.05) is 244 Å². The molecule has 0 spiro atoms. The lowest BCUT2D eigenvalue weighted by Gasteiger charge is -2.18. The van der Waals surface area contributed by atoms with E-state index < -0.39 is 6.10 Å². The lowest BCUT2D eigenvalue weighted by atomic mass is 10.0. The van der Waals surface area contributed by atoms with Gasteiger partial charge in [-0.05, 0) is 70.6 Å². The number of carbonyl (C=O) groups is 3. The number of carbonyl (C=O) groups excluding carboxylic acids is 3. The minimum absolute atomic E-state index is 0.0730. The van der Waals surface area contributed by atoms with Gasteiger partial charge in [0.1, 0.15) is 13.2 Å². The standard InChI is InChI=1S/C58H108O6/c1-4-7-10-13-16-19-22-25-27-28-29-30-32-33-36-39-42-45-48-51-57(60)63-54-55(53-62-56(59)50-47-44-41-38-35-24-21-18-15-12-9-6-3)64-58(61)52-49-46-43-40-37-34-31-26-23-20-17-14-11-8-5-2/h18,21,26,31,55H,4-17,19-20,22-25,27-30,32-54H2,1-3H3/b21-18-,31-26-. The average Bonchev–Trinajstić information content (AvgIpc) is 3.29. The Morgan fingerprint density at radius 1 is 0.297 bits per heavy atom. The van der Waals surface area contributed by atoms with Crippen molar-refractivity contribution in [1.82, 2.24) is 0 Å². The summed E-state index contributed by atoms with van der Waals surface area (Å²) in [4.78, 5) is 38.1. The van der Waals surface area contributed by atoms with Gasteiger partial charge in [0.15, 0.2) is 6.10 Å². The molecule has 0 N–H and O–H groups in total. The average molecular weight is 901 g/mol. The summed E-state index contributed by atoms with van der Waals surface area (Å²) in [7, 11) is 0. The fourth-order valence-corrected chi connectivity index (χ4v) is 8.37. The van der Waals surface area contributed by atoms with Gasteiger partial charge in [0, 0.05) is 19.3 Å². The van der Waals surface area contributed by atoms with Gasteiger partial charge in [0.2, 0.25) is 0 Å². The van der Waals surface area contributed by atoms with Gasteiger partial charge >= 0.3 is 17.9 Å². The van der Waals surface area contributed by atoms with E-state index in [1.165, 1.54) is 199 Å². The molecule has 0 aliphatic heterocycles. The van der Waals surface area contributed by atoms with E-state index in [1.807, 2.05) is 0 Å². The molecule has 0 saturated heterocycles. The second kappa shape index (κ2) is 53.5. The number of esters is 3. The largest absolute Gasteiger partial charge is 0.462 e. The van der Waals surface area contributed by atoms with Crippen LogP contribution in [0.2, 0.25) is 0 Å². The van der Waals surface area contributed by atoms with Crippen molar-refractivity contribution in [1.29, 1.82) is 0 Å². The van der Waals surface area contributed by atoms with Crippen LogP contribution in [0.4, 0.5) is 0 Å². The zero-order valence-electron chi connectivity index (χ0n) is 43.1. The van der Waals surface area contributed by atoms with Crippen molar-refractivity contribution >= 4 is 17.9 Å². The fraction of sp³-hybridized carbons (Fsp3) is 0.879. The van der Waals surface area contributed by atoms with E-state index in [9.17, 15) is 14.4 Å². The lowest BCUT2D eigenvalue weighted by Crippen LogP contribution is -2.30. The van der Waals surface area contributed by atoms with Crippen LogP contribution in [0.25, 0.3) is 0 Å². The Morgan fingerprint density at radius 3 is 0.812 bits per heavy atom. The first-order valence-corrected chi connectivity index (χ1v) is 28.3. The van der Waals surface area contributed by atoms with E-state index in [4.69, 9.17) is 14.2 Å². The van der Waals surface area contributed by atoms with E-state index in [0.717, 1.165) is 70.6 Å². The molecule has 0 aliphatic rings. The van der Waals surface area contributed by atoms with Crippen LogP contribution in [0, 0.1) is 0 Å². The Bertz CT molecular complexity index is 1040. The highest BCUT2D eigenvalue weighted by molar-refractivity contribution is 5.71. The van der Waals surface area contributed by atoms with Crippen LogP contribution in [0.5, 0.6) is 0 Å². The summed E-state index contributed by atoms with van der Waals surface area (Å²) >= 11 is 0. The first-order chi connectivity index (χ1) is 31.5. The second-order valence-corrected chi connectivity index (χ2v) is 19.2. The molecule has 6 heteroatoms. The fourth-order valence-electron chi connectivity index (χ4n) is 8.37. The molecule has 0 amide bonds. The van der Waals surface area contributed by atoms with E-state index in [2.05, 4.69) is 45.1 Å². The molecule has 0 saturated carbocycles. The Hall–Kier alpha value is -2.11. The zero-order chi connectivity index (χ0) is 46.5. The number of unbranched alkanes of at least 4 members (excludes halogenated alkanes) is 37. The molecule has 376 valence electrons. The van der Waals surface area contributed by atoms with Crippen LogP contribution < -0.4 is 0 Å². The molecule has 0 aromatic heterocycles. The van der Waals surface area contributed by atoms with Gasteiger partial charge in [-0.3, -0.25) is 14.4 Å². The quantitative estimate of drug-likeness (QED) is 0.0262. The molecule has 0 radical (unpaired) electrons. The third kappa shape index (κ3) is 50.9. The topological polar surface area (TPSA) is 78.9 Å². The minimum Gasteiger partial charge on any atom is -0.462 e. The highest BCUT2D eigenvalue weighted by Gasteiger charge is 2.19. The normalized spacial score (nSPS) is 12.1. The van der Waals surface area contributed by atoms with Crippen molar-refractivity contribution in [2.24, 2.45) is 0 Å². The van der Waals surface area contributed by atoms with Crippen LogP contribution in [0.15, 0.2) is 24.3 Å². The molecule has 0 rings (SSSR count). The summed E-state index contributed by atoms with van der Waals surface area (Å²) < 4.78 is 16.8. The van der Waals surface area contributed by atoms with Crippen LogP contribution in [0.1, 0.15) is 310 Å². The first-order valence-electron chi connectivity index (χ1n) is 28.3. The zero-order valence-corrected chi connectivity index (χ0v) is 43.1. The van der Waals surface area contributed by atoms with Gasteiger partial charge in [-0.2, -0.15) is 0 Å². The molecule has 0 aromatic carbocycles.